The summed E-state index contributed by atoms with van der Waals surface area (Å²) in [5, 5.41) is 0. The average molecular weight is 374 g/mol. The van der Waals surface area contributed by atoms with E-state index in [0.29, 0.717) is 13.2 Å². The molecule has 0 spiro atoms. The topological polar surface area (TPSA) is 42.4 Å². The lowest BCUT2D eigenvalue weighted by atomic mass is 10.1. The number of ether oxygens (including phenoxy) is 1. The molecule has 138 valence electrons. The Kier molecular flexibility index (Phi) is 5.58. The highest BCUT2D eigenvalue weighted by atomic mass is 32.2. The van der Waals surface area contributed by atoms with Crippen LogP contribution in [-0.2, 0) is 10.9 Å². The summed E-state index contributed by atoms with van der Waals surface area (Å²) in [6, 6.07) is 2.23. The number of carbonyl (C=O) groups excluding carboxylic acids is 1. The number of pyridine rings is 1. The second-order valence-corrected chi connectivity index (χ2v) is 7.59. The minimum absolute atomic E-state index is 0.0114. The van der Waals surface area contributed by atoms with Crippen molar-refractivity contribution in [3.63, 3.8) is 0 Å². The van der Waals surface area contributed by atoms with E-state index in [4.69, 9.17) is 4.74 Å². The Morgan fingerprint density at radius 3 is 2.76 bits per heavy atom. The maximum absolute atomic E-state index is 13.0. The van der Waals surface area contributed by atoms with E-state index in [-0.39, 0.29) is 29.3 Å². The molecule has 2 aliphatic heterocycles. The first-order chi connectivity index (χ1) is 11.9. The Hall–Kier alpha value is -1.28. The summed E-state index contributed by atoms with van der Waals surface area (Å²) in [5.41, 5.74) is -0.616. The van der Waals surface area contributed by atoms with Crippen LogP contribution in [0.1, 0.15) is 41.0 Å². The van der Waals surface area contributed by atoms with Crippen molar-refractivity contribution in [1.82, 2.24) is 9.88 Å². The van der Waals surface area contributed by atoms with Gasteiger partial charge in [-0.2, -0.15) is 24.9 Å². The van der Waals surface area contributed by atoms with Gasteiger partial charge in [0.15, 0.2) is 0 Å². The Morgan fingerprint density at radius 2 is 2.20 bits per heavy atom. The van der Waals surface area contributed by atoms with Crippen LogP contribution < -0.4 is 0 Å². The highest BCUT2D eigenvalue weighted by Crippen LogP contribution is 2.30. The molecule has 2 aliphatic rings. The third-order valence-electron chi connectivity index (χ3n) is 4.64. The minimum Gasteiger partial charge on any atom is -0.376 e. The SMILES string of the molecule is Cc1nc(C(F)(F)F)ccc1C(=O)N(CC1CCCO1)C1CCSC1. The highest BCUT2D eigenvalue weighted by molar-refractivity contribution is 7.99. The summed E-state index contributed by atoms with van der Waals surface area (Å²) in [4.78, 5) is 18.4. The Balaban J connectivity index is 1.83. The van der Waals surface area contributed by atoms with Gasteiger partial charge in [-0.25, -0.2) is 4.98 Å². The molecular formula is C17H21F3N2O2S. The zero-order valence-electron chi connectivity index (χ0n) is 14.0. The fourth-order valence-electron chi connectivity index (χ4n) is 3.27. The lowest BCUT2D eigenvalue weighted by molar-refractivity contribution is -0.141. The normalized spacial score (nSPS) is 23.8. The molecule has 3 rings (SSSR count). The number of amides is 1. The van der Waals surface area contributed by atoms with Crippen molar-refractivity contribution < 1.29 is 22.7 Å². The predicted molar refractivity (Wildman–Crippen MR) is 89.7 cm³/mol. The van der Waals surface area contributed by atoms with Gasteiger partial charge in [0.05, 0.1) is 17.4 Å². The van der Waals surface area contributed by atoms with Crippen molar-refractivity contribution in [2.45, 2.75) is 44.5 Å². The maximum Gasteiger partial charge on any atom is 0.433 e. The van der Waals surface area contributed by atoms with Crippen LogP contribution in [0.4, 0.5) is 13.2 Å². The van der Waals surface area contributed by atoms with Gasteiger partial charge in [-0.3, -0.25) is 4.79 Å². The standard InChI is InChI=1S/C17H21F3N2O2S/c1-11-14(4-5-15(21-11)17(18,19)20)16(23)22(12-6-8-25-10-12)9-13-3-2-7-24-13/h4-5,12-13H,2-3,6-10H2,1H3. The molecule has 3 heterocycles. The number of hydrogen-bond donors (Lipinski definition) is 0. The van der Waals surface area contributed by atoms with Gasteiger partial charge >= 0.3 is 6.18 Å². The molecule has 25 heavy (non-hydrogen) atoms. The summed E-state index contributed by atoms with van der Waals surface area (Å²) in [6.45, 7) is 2.65. The van der Waals surface area contributed by atoms with Crippen LogP contribution in [0.2, 0.25) is 0 Å². The molecular weight excluding hydrogens is 353 g/mol. The van der Waals surface area contributed by atoms with Crippen LogP contribution in [0.15, 0.2) is 12.1 Å². The molecule has 2 fully saturated rings. The smallest absolute Gasteiger partial charge is 0.376 e. The fraction of sp³-hybridized carbons (Fsp3) is 0.647. The van der Waals surface area contributed by atoms with E-state index in [1.165, 1.54) is 13.0 Å². The monoisotopic (exact) mass is 374 g/mol. The predicted octanol–water partition coefficient (Wildman–Crippen LogP) is 3.54. The number of halogens is 3. The molecule has 0 aliphatic carbocycles. The molecule has 0 N–H and O–H groups in total. The summed E-state index contributed by atoms with van der Waals surface area (Å²) in [5.74, 6) is 1.59. The summed E-state index contributed by atoms with van der Waals surface area (Å²) in [7, 11) is 0. The maximum atomic E-state index is 13.0. The third kappa shape index (κ3) is 4.28. The fourth-order valence-corrected chi connectivity index (χ4v) is 4.50. The van der Waals surface area contributed by atoms with Crippen molar-refractivity contribution >= 4 is 17.7 Å². The van der Waals surface area contributed by atoms with Crippen molar-refractivity contribution in [1.29, 1.82) is 0 Å². The van der Waals surface area contributed by atoms with Crippen molar-refractivity contribution in [3.8, 4) is 0 Å². The van der Waals surface area contributed by atoms with E-state index in [1.54, 1.807) is 16.7 Å². The van der Waals surface area contributed by atoms with E-state index in [2.05, 4.69) is 4.98 Å². The number of nitrogens with zero attached hydrogens (tertiary/aromatic N) is 2. The van der Waals surface area contributed by atoms with Crippen LogP contribution >= 0.6 is 11.8 Å². The molecule has 0 radical (unpaired) electrons. The van der Waals surface area contributed by atoms with Gasteiger partial charge in [-0.05, 0) is 44.1 Å². The molecule has 1 aromatic rings. The molecule has 8 heteroatoms. The first-order valence-corrected chi connectivity index (χ1v) is 9.57. The van der Waals surface area contributed by atoms with Gasteiger partial charge in [-0.1, -0.05) is 0 Å². The molecule has 0 aromatic carbocycles. The largest absolute Gasteiger partial charge is 0.433 e. The van der Waals surface area contributed by atoms with Gasteiger partial charge in [0.25, 0.3) is 5.91 Å². The van der Waals surface area contributed by atoms with Crippen molar-refractivity contribution in [3.05, 3.63) is 29.1 Å². The van der Waals surface area contributed by atoms with Gasteiger partial charge in [-0.15, -0.1) is 0 Å². The van der Waals surface area contributed by atoms with Gasteiger partial charge in [0, 0.05) is 24.9 Å². The average Bonchev–Trinajstić information content (AvgIpc) is 3.24. The quantitative estimate of drug-likeness (QED) is 0.809. The van der Waals surface area contributed by atoms with E-state index >= 15 is 0 Å². The molecule has 0 bridgehead atoms. The molecule has 2 saturated heterocycles. The Bertz CT molecular complexity index is 627. The second-order valence-electron chi connectivity index (χ2n) is 6.44. The van der Waals surface area contributed by atoms with Crippen LogP contribution in [0.5, 0.6) is 0 Å². The first kappa shape index (κ1) is 18.5. The molecule has 0 saturated carbocycles. The minimum atomic E-state index is -4.51. The summed E-state index contributed by atoms with van der Waals surface area (Å²) >= 11 is 1.79. The number of thioether (sulfide) groups is 1. The summed E-state index contributed by atoms with van der Waals surface area (Å²) < 4.78 is 44.1. The molecule has 4 nitrogen and oxygen atoms in total. The van der Waals surface area contributed by atoms with E-state index in [0.717, 1.165) is 36.8 Å². The number of aryl methyl sites for hydroxylation is 1. The van der Waals surface area contributed by atoms with Crippen LogP contribution in [0.3, 0.4) is 0 Å². The van der Waals surface area contributed by atoms with Gasteiger partial charge in [0.1, 0.15) is 5.69 Å². The van der Waals surface area contributed by atoms with Crippen molar-refractivity contribution in [2.75, 3.05) is 24.7 Å². The van der Waals surface area contributed by atoms with E-state index in [9.17, 15) is 18.0 Å². The first-order valence-electron chi connectivity index (χ1n) is 8.41. The lowest BCUT2D eigenvalue weighted by Crippen LogP contribution is -2.45. The molecule has 2 unspecified atom stereocenters. The molecule has 1 aromatic heterocycles. The van der Waals surface area contributed by atoms with Gasteiger partial charge < -0.3 is 9.64 Å². The lowest BCUT2D eigenvalue weighted by Gasteiger charge is -2.31. The Morgan fingerprint density at radius 1 is 1.40 bits per heavy atom. The van der Waals surface area contributed by atoms with Crippen LogP contribution in [0, 0.1) is 6.92 Å². The second kappa shape index (κ2) is 7.53. The van der Waals surface area contributed by atoms with Crippen molar-refractivity contribution in [2.24, 2.45) is 0 Å². The zero-order chi connectivity index (χ0) is 18.0. The van der Waals surface area contributed by atoms with Crippen LogP contribution in [0.25, 0.3) is 0 Å². The van der Waals surface area contributed by atoms with Gasteiger partial charge in [0.2, 0.25) is 0 Å². The van der Waals surface area contributed by atoms with Crippen LogP contribution in [-0.4, -0.2) is 52.6 Å². The number of aromatic nitrogens is 1. The number of carbonyl (C=O) groups is 1. The number of rotatable bonds is 4. The Labute approximate surface area is 149 Å². The number of hydrogen-bond acceptors (Lipinski definition) is 4. The third-order valence-corrected chi connectivity index (χ3v) is 5.78. The highest BCUT2D eigenvalue weighted by Gasteiger charge is 2.35. The van der Waals surface area contributed by atoms with E-state index in [1.807, 2.05) is 0 Å². The molecule has 2 atom stereocenters. The molecule has 1 amide bonds. The zero-order valence-corrected chi connectivity index (χ0v) is 14.8. The number of alkyl halides is 3. The van der Waals surface area contributed by atoms with E-state index < -0.39 is 11.9 Å². The summed E-state index contributed by atoms with van der Waals surface area (Å²) in [6.07, 6.45) is -1.71.